The molecule has 2 aromatic rings. The summed E-state index contributed by atoms with van der Waals surface area (Å²) in [4.78, 5) is 13.7. The van der Waals surface area contributed by atoms with E-state index >= 15 is 0 Å². The first-order valence-electron chi connectivity index (χ1n) is 4.48. The van der Waals surface area contributed by atoms with Gasteiger partial charge in [0.05, 0.1) is 0 Å². The molecule has 0 aliphatic heterocycles. The Morgan fingerprint density at radius 2 is 2.43 bits per heavy atom. The Hall–Kier alpha value is -1.78. The van der Waals surface area contributed by atoms with Crippen molar-refractivity contribution in [1.29, 1.82) is 0 Å². The Morgan fingerprint density at radius 1 is 1.57 bits per heavy atom. The van der Waals surface area contributed by atoms with Gasteiger partial charge >= 0.3 is 5.69 Å². The van der Waals surface area contributed by atoms with Gasteiger partial charge in [-0.1, -0.05) is 0 Å². The maximum Gasteiger partial charge on any atom is 0.325 e. The lowest BCUT2D eigenvalue weighted by Gasteiger charge is -2.01. The van der Waals surface area contributed by atoms with Gasteiger partial charge in [-0.2, -0.15) is 5.10 Å². The molecule has 0 bridgehead atoms. The summed E-state index contributed by atoms with van der Waals surface area (Å²) in [6.45, 7) is 0.682. The van der Waals surface area contributed by atoms with Crippen molar-refractivity contribution in [3.63, 3.8) is 0 Å². The normalized spacial score (nSPS) is 10.6. The number of rotatable bonds is 3. The number of aromatic nitrogens is 4. The zero-order chi connectivity index (χ0) is 9.97. The van der Waals surface area contributed by atoms with E-state index in [0.717, 1.165) is 12.1 Å². The monoisotopic (exact) mass is 192 g/mol. The van der Waals surface area contributed by atoms with E-state index in [9.17, 15) is 4.79 Å². The molecule has 0 atom stereocenters. The van der Waals surface area contributed by atoms with Gasteiger partial charge in [0.2, 0.25) is 0 Å². The van der Waals surface area contributed by atoms with Crippen molar-refractivity contribution in [2.75, 3.05) is 0 Å². The van der Waals surface area contributed by atoms with Crippen LogP contribution in [-0.2, 0) is 20.0 Å². The van der Waals surface area contributed by atoms with Crippen molar-refractivity contribution in [2.24, 2.45) is 7.05 Å². The summed E-state index contributed by atoms with van der Waals surface area (Å²) in [5.74, 6) is 0. The maximum absolute atomic E-state index is 11.1. The molecule has 0 radical (unpaired) electrons. The summed E-state index contributed by atoms with van der Waals surface area (Å²) >= 11 is 0. The SMILES string of the molecule is Cn1nccc1CCn1cc[nH]c1=O. The van der Waals surface area contributed by atoms with E-state index in [2.05, 4.69) is 10.1 Å². The fourth-order valence-electron chi connectivity index (χ4n) is 1.41. The van der Waals surface area contributed by atoms with Crippen LogP contribution in [0.3, 0.4) is 0 Å². The van der Waals surface area contributed by atoms with E-state index in [1.165, 1.54) is 0 Å². The third kappa shape index (κ3) is 1.61. The maximum atomic E-state index is 11.1. The van der Waals surface area contributed by atoms with Gasteiger partial charge in [0.15, 0.2) is 0 Å². The van der Waals surface area contributed by atoms with Gasteiger partial charge in [-0.3, -0.25) is 9.25 Å². The highest BCUT2D eigenvalue weighted by Crippen LogP contribution is 1.98. The van der Waals surface area contributed by atoms with E-state index in [1.807, 2.05) is 17.8 Å². The average molecular weight is 192 g/mol. The van der Waals surface area contributed by atoms with Crippen molar-refractivity contribution in [3.05, 3.63) is 40.8 Å². The summed E-state index contributed by atoms with van der Waals surface area (Å²) in [5, 5.41) is 4.06. The van der Waals surface area contributed by atoms with Gasteiger partial charge in [0.1, 0.15) is 0 Å². The second-order valence-corrected chi connectivity index (χ2v) is 3.15. The van der Waals surface area contributed by atoms with Crippen molar-refractivity contribution in [3.8, 4) is 0 Å². The highest BCUT2D eigenvalue weighted by Gasteiger charge is 2.00. The molecule has 0 amide bonds. The zero-order valence-corrected chi connectivity index (χ0v) is 7.97. The number of hydrogen-bond donors (Lipinski definition) is 1. The smallest absolute Gasteiger partial charge is 0.313 e. The van der Waals surface area contributed by atoms with Gasteiger partial charge in [-0.25, -0.2) is 4.79 Å². The number of imidazole rings is 1. The van der Waals surface area contributed by atoms with Gasteiger partial charge in [-0.15, -0.1) is 0 Å². The largest absolute Gasteiger partial charge is 0.325 e. The van der Waals surface area contributed by atoms with Crippen molar-refractivity contribution < 1.29 is 0 Å². The molecular formula is C9H12N4O. The van der Waals surface area contributed by atoms with Crippen LogP contribution in [0.15, 0.2) is 29.5 Å². The topological polar surface area (TPSA) is 55.6 Å². The lowest BCUT2D eigenvalue weighted by Crippen LogP contribution is -2.17. The molecule has 0 aliphatic rings. The first-order valence-corrected chi connectivity index (χ1v) is 4.48. The Labute approximate surface area is 81.0 Å². The van der Waals surface area contributed by atoms with Crippen LogP contribution in [0.2, 0.25) is 0 Å². The second kappa shape index (κ2) is 3.53. The molecule has 0 aromatic carbocycles. The molecule has 1 N–H and O–H groups in total. The number of aromatic amines is 1. The molecular weight excluding hydrogens is 180 g/mol. The number of H-pyrrole nitrogens is 1. The molecule has 0 aliphatic carbocycles. The molecule has 0 saturated heterocycles. The third-order valence-electron chi connectivity index (χ3n) is 2.25. The van der Waals surface area contributed by atoms with Crippen LogP contribution in [0.25, 0.3) is 0 Å². The van der Waals surface area contributed by atoms with Gasteiger partial charge < -0.3 is 4.98 Å². The minimum Gasteiger partial charge on any atom is -0.313 e. The van der Waals surface area contributed by atoms with Crippen LogP contribution in [0.5, 0.6) is 0 Å². The lowest BCUT2D eigenvalue weighted by atomic mass is 10.3. The Bertz CT molecular complexity index is 465. The summed E-state index contributed by atoms with van der Waals surface area (Å²) in [5.41, 5.74) is 1.06. The molecule has 2 aromatic heterocycles. The Kier molecular flexibility index (Phi) is 2.22. The standard InChI is InChI=1S/C9H12N4O/c1-12-8(2-4-11-12)3-6-13-7-5-10-9(13)14/h2,4-5,7H,3,6H2,1H3,(H,10,14). The molecule has 5 heteroatoms. The fourth-order valence-corrected chi connectivity index (χ4v) is 1.41. The van der Waals surface area contributed by atoms with Gasteiger partial charge in [-0.05, 0) is 6.07 Å². The highest BCUT2D eigenvalue weighted by molar-refractivity contribution is 4.99. The minimum absolute atomic E-state index is 0.0628. The van der Waals surface area contributed by atoms with E-state index < -0.39 is 0 Å². The molecule has 0 unspecified atom stereocenters. The van der Waals surface area contributed by atoms with Crippen LogP contribution in [0.4, 0.5) is 0 Å². The molecule has 2 rings (SSSR count). The molecule has 2 heterocycles. The molecule has 0 spiro atoms. The highest BCUT2D eigenvalue weighted by atomic mass is 16.1. The van der Waals surface area contributed by atoms with Crippen LogP contribution >= 0.6 is 0 Å². The van der Waals surface area contributed by atoms with Crippen LogP contribution < -0.4 is 5.69 Å². The Balaban J connectivity index is 2.05. The molecule has 14 heavy (non-hydrogen) atoms. The molecule has 74 valence electrons. The van der Waals surface area contributed by atoms with E-state index in [4.69, 9.17) is 0 Å². The summed E-state index contributed by atoms with van der Waals surface area (Å²) in [7, 11) is 1.90. The first-order chi connectivity index (χ1) is 6.77. The number of aryl methyl sites for hydroxylation is 3. The quantitative estimate of drug-likeness (QED) is 0.752. The third-order valence-corrected chi connectivity index (χ3v) is 2.25. The van der Waals surface area contributed by atoms with E-state index in [-0.39, 0.29) is 5.69 Å². The van der Waals surface area contributed by atoms with E-state index in [1.54, 1.807) is 23.2 Å². The van der Waals surface area contributed by atoms with Crippen molar-refractivity contribution in [2.45, 2.75) is 13.0 Å². The predicted molar refractivity (Wildman–Crippen MR) is 52.0 cm³/mol. The lowest BCUT2D eigenvalue weighted by molar-refractivity contribution is 0.624. The Morgan fingerprint density at radius 3 is 3.00 bits per heavy atom. The molecule has 5 nitrogen and oxygen atoms in total. The number of nitrogens with zero attached hydrogens (tertiary/aromatic N) is 3. The number of hydrogen-bond acceptors (Lipinski definition) is 2. The van der Waals surface area contributed by atoms with Crippen LogP contribution in [0.1, 0.15) is 5.69 Å². The van der Waals surface area contributed by atoms with Crippen LogP contribution in [-0.4, -0.2) is 19.3 Å². The second-order valence-electron chi connectivity index (χ2n) is 3.15. The predicted octanol–water partition coefficient (Wildman–Crippen LogP) is 0.153. The van der Waals surface area contributed by atoms with Gasteiger partial charge in [0.25, 0.3) is 0 Å². The first kappa shape index (κ1) is 8.80. The average Bonchev–Trinajstić information content (AvgIpc) is 2.72. The summed E-state index contributed by atoms with van der Waals surface area (Å²) < 4.78 is 3.46. The van der Waals surface area contributed by atoms with Gasteiger partial charge in [0, 0.05) is 44.3 Å². The van der Waals surface area contributed by atoms with Crippen molar-refractivity contribution in [1.82, 2.24) is 19.3 Å². The fraction of sp³-hybridized carbons (Fsp3) is 0.333. The van der Waals surface area contributed by atoms with E-state index in [0.29, 0.717) is 6.54 Å². The number of nitrogens with one attached hydrogen (secondary N) is 1. The van der Waals surface area contributed by atoms with Crippen molar-refractivity contribution >= 4 is 0 Å². The zero-order valence-electron chi connectivity index (χ0n) is 7.97. The molecule has 0 fully saturated rings. The summed E-state index contributed by atoms with van der Waals surface area (Å²) in [6.07, 6.45) is 5.97. The minimum atomic E-state index is -0.0628. The van der Waals surface area contributed by atoms with Crippen LogP contribution in [0, 0.1) is 0 Å². The molecule has 0 saturated carbocycles. The summed E-state index contributed by atoms with van der Waals surface area (Å²) in [6, 6.07) is 1.96.